The van der Waals surface area contributed by atoms with Gasteiger partial charge in [-0.15, -0.1) is 0 Å². The van der Waals surface area contributed by atoms with Gasteiger partial charge in [-0.2, -0.15) is 21.6 Å². The highest BCUT2D eigenvalue weighted by Crippen LogP contribution is 2.34. The SMILES string of the molecule is NS(=O)(=O)NCC1CCCN(c2ncc(C(F)(F)F)cc2Cl)C1. The number of piperidine rings is 1. The van der Waals surface area contributed by atoms with E-state index >= 15 is 0 Å². The molecule has 23 heavy (non-hydrogen) atoms. The predicted octanol–water partition coefficient (Wildman–Crippen LogP) is 1.76. The van der Waals surface area contributed by atoms with E-state index in [-0.39, 0.29) is 23.3 Å². The predicted molar refractivity (Wildman–Crippen MR) is 80.3 cm³/mol. The number of rotatable bonds is 4. The van der Waals surface area contributed by atoms with Crippen LogP contribution in [0.1, 0.15) is 18.4 Å². The summed E-state index contributed by atoms with van der Waals surface area (Å²) in [4.78, 5) is 5.57. The Balaban J connectivity index is 2.09. The maximum absolute atomic E-state index is 12.6. The first-order valence-corrected chi connectivity index (χ1v) is 8.74. The van der Waals surface area contributed by atoms with Crippen molar-refractivity contribution >= 4 is 27.6 Å². The number of nitrogens with zero attached hydrogens (tertiary/aromatic N) is 2. The molecule has 0 amide bonds. The number of alkyl halides is 3. The van der Waals surface area contributed by atoms with Crippen molar-refractivity contribution in [3.8, 4) is 0 Å². The van der Waals surface area contributed by atoms with Crippen LogP contribution in [0.3, 0.4) is 0 Å². The van der Waals surface area contributed by atoms with Gasteiger partial charge in [0, 0.05) is 25.8 Å². The second-order valence-corrected chi connectivity index (χ2v) is 7.16. The number of halogens is 4. The summed E-state index contributed by atoms with van der Waals surface area (Å²) in [5.74, 6) is 0.238. The molecule has 1 aliphatic rings. The average Bonchev–Trinajstić information content (AvgIpc) is 2.43. The lowest BCUT2D eigenvalue weighted by Crippen LogP contribution is -2.42. The Kier molecular flexibility index (Phi) is 5.39. The third-order valence-electron chi connectivity index (χ3n) is 3.54. The van der Waals surface area contributed by atoms with E-state index in [1.807, 2.05) is 0 Å². The van der Waals surface area contributed by atoms with Crippen molar-refractivity contribution in [2.45, 2.75) is 19.0 Å². The summed E-state index contributed by atoms with van der Waals surface area (Å²) in [5, 5.41) is 4.80. The molecular formula is C12H16ClF3N4O2S. The molecule has 1 atom stereocenters. The van der Waals surface area contributed by atoms with Crippen LogP contribution in [0.2, 0.25) is 5.02 Å². The van der Waals surface area contributed by atoms with Crippen molar-refractivity contribution in [2.75, 3.05) is 24.5 Å². The maximum atomic E-state index is 12.6. The van der Waals surface area contributed by atoms with E-state index in [4.69, 9.17) is 16.7 Å². The number of nitrogens with one attached hydrogen (secondary N) is 1. The van der Waals surface area contributed by atoms with E-state index in [1.54, 1.807) is 4.90 Å². The highest BCUT2D eigenvalue weighted by molar-refractivity contribution is 7.87. The maximum Gasteiger partial charge on any atom is 0.417 e. The Morgan fingerprint density at radius 3 is 2.74 bits per heavy atom. The zero-order valence-electron chi connectivity index (χ0n) is 12.0. The molecule has 1 aromatic rings. The van der Waals surface area contributed by atoms with Crippen LogP contribution in [-0.2, 0) is 16.4 Å². The third kappa shape index (κ3) is 5.20. The van der Waals surface area contributed by atoms with Crippen molar-refractivity contribution in [1.29, 1.82) is 0 Å². The Labute approximate surface area is 137 Å². The number of hydrogen-bond donors (Lipinski definition) is 2. The van der Waals surface area contributed by atoms with Gasteiger partial charge in [-0.3, -0.25) is 0 Å². The highest BCUT2D eigenvalue weighted by atomic mass is 35.5. The molecule has 11 heteroatoms. The fourth-order valence-electron chi connectivity index (χ4n) is 2.48. The molecule has 1 aliphatic heterocycles. The second kappa shape index (κ2) is 6.80. The zero-order valence-corrected chi connectivity index (χ0v) is 13.5. The molecular weight excluding hydrogens is 357 g/mol. The zero-order chi connectivity index (χ0) is 17.3. The lowest BCUT2D eigenvalue weighted by atomic mass is 9.98. The standard InChI is InChI=1S/C12H16ClF3N4O2S/c13-10-4-9(12(14,15)16)6-18-11(10)20-3-1-2-8(7-20)5-19-23(17,21)22/h4,6,8,19H,1-3,5,7H2,(H2,17,21,22). The van der Waals surface area contributed by atoms with Gasteiger partial charge < -0.3 is 4.90 Å². The quantitative estimate of drug-likeness (QED) is 0.843. The van der Waals surface area contributed by atoms with Gasteiger partial charge in [0.1, 0.15) is 5.82 Å². The van der Waals surface area contributed by atoms with Crippen molar-refractivity contribution in [1.82, 2.24) is 9.71 Å². The number of hydrogen-bond acceptors (Lipinski definition) is 4. The molecule has 1 unspecified atom stereocenters. The fraction of sp³-hybridized carbons (Fsp3) is 0.583. The molecule has 1 fully saturated rings. The summed E-state index contributed by atoms with van der Waals surface area (Å²) in [6.07, 6.45) is -2.24. The van der Waals surface area contributed by atoms with Gasteiger partial charge in [0.15, 0.2) is 0 Å². The summed E-state index contributed by atoms with van der Waals surface area (Å²) < 4.78 is 62.0. The van der Waals surface area contributed by atoms with E-state index in [9.17, 15) is 21.6 Å². The summed E-state index contributed by atoms with van der Waals surface area (Å²) >= 11 is 5.93. The lowest BCUT2D eigenvalue weighted by Gasteiger charge is -2.34. The minimum atomic E-state index is -4.50. The van der Waals surface area contributed by atoms with Crippen molar-refractivity contribution in [3.63, 3.8) is 0 Å². The van der Waals surface area contributed by atoms with E-state index in [2.05, 4.69) is 9.71 Å². The Bertz CT molecular complexity index is 669. The van der Waals surface area contributed by atoms with Crippen LogP contribution in [0.25, 0.3) is 0 Å². The molecule has 3 N–H and O–H groups in total. The molecule has 1 aromatic heterocycles. The van der Waals surface area contributed by atoms with Crippen LogP contribution < -0.4 is 14.8 Å². The monoisotopic (exact) mass is 372 g/mol. The molecule has 2 heterocycles. The van der Waals surface area contributed by atoms with Crippen molar-refractivity contribution < 1.29 is 21.6 Å². The van der Waals surface area contributed by atoms with Gasteiger partial charge in [-0.1, -0.05) is 11.6 Å². The van der Waals surface area contributed by atoms with Crippen molar-refractivity contribution in [3.05, 3.63) is 22.8 Å². The van der Waals surface area contributed by atoms with Gasteiger partial charge in [-0.25, -0.2) is 14.8 Å². The number of anilines is 1. The van der Waals surface area contributed by atoms with Crippen LogP contribution in [0.4, 0.5) is 19.0 Å². The molecule has 130 valence electrons. The molecule has 0 radical (unpaired) electrons. The second-order valence-electron chi connectivity index (χ2n) is 5.37. The average molecular weight is 373 g/mol. The van der Waals surface area contributed by atoms with Crippen LogP contribution in [-0.4, -0.2) is 33.0 Å². The molecule has 0 aliphatic carbocycles. The van der Waals surface area contributed by atoms with Crippen LogP contribution in [0.5, 0.6) is 0 Å². The molecule has 1 saturated heterocycles. The van der Waals surface area contributed by atoms with E-state index < -0.39 is 21.9 Å². The number of nitrogens with two attached hydrogens (primary N) is 1. The van der Waals surface area contributed by atoms with Crippen LogP contribution in [0, 0.1) is 5.92 Å². The topological polar surface area (TPSA) is 88.3 Å². The highest BCUT2D eigenvalue weighted by Gasteiger charge is 2.32. The van der Waals surface area contributed by atoms with E-state index in [0.29, 0.717) is 13.1 Å². The molecule has 0 saturated carbocycles. The molecule has 2 rings (SSSR count). The summed E-state index contributed by atoms with van der Waals surface area (Å²) in [5.41, 5.74) is -0.907. The van der Waals surface area contributed by atoms with Crippen molar-refractivity contribution in [2.24, 2.45) is 11.1 Å². The normalized spacial score (nSPS) is 19.9. The van der Waals surface area contributed by atoms with E-state index in [1.165, 1.54) is 0 Å². The molecule has 0 aromatic carbocycles. The van der Waals surface area contributed by atoms with Crippen LogP contribution >= 0.6 is 11.6 Å². The molecule has 0 bridgehead atoms. The number of aromatic nitrogens is 1. The Hall–Kier alpha value is -1.10. The summed E-state index contributed by atoms with van der Waals surface area (Å²) in [7, 11) is -3.77. The fourth-order valence-corrected chi connectivity index (χ4v) is 3.23. The number of pyridine rings is 1. The molecule has 0 spiro atoms. The smallest absolute Gasteiger partial charge is 0.355 e. The first-order valence-electron chi connectivity index (χ1n) is 6.81. The first-order chi connectivity index (χ1) is 10.6. The van der Waals surface area contributed by atoms with Gasteiger partial charge >= 0.3 is 6.18 Å². The van der Waals surface area contributed by atoms with Gasteiger partial charge in [0.2, 0.25) is 0 Å². The largest absolute Gasteiger partial charge is 0.417 e. The Morgan fingerprint density at radius 2 is 2.17 bits per heavy atom. The van der Waals surface area contributed by atoms with Gasteiger partial charge in [0.05, 0.1) is 10.6 Å². The summed E-state index contributed by atoms with van der Waals surface area (Å²) in [6.45, 7) is 1.18. The van der Waals surface area contributed by atoms with E-state index in [0.717, 1.165) is 25.1 Å². The van der Waals surface area contributed by atoms with Gasteiger partial charge in [0.25, 0.3) is 10.2 Å². The van der Waals surface area contributed by atoms with Crippen LogP contribution in [0.15, 0.2) is 12.3 Å². The minimum absolute atomic E-state index is 0.0257. The minimum Gasteiger partial charge on any atom is -0.355 e. The molecule has 6 nitrogen and oxygen atoms in total. The third-order valence-corrected chi connectivity index (χ3v) is 4.39. The first kappa shape index (κ1) is 18.2. The summed E-state index contributed by atoms with van der Waals surface area (Å²) in [6, 6.07) is 0.843. The Morgan fingerprint density at radius 1 is 1.48 bits per heavy atom. The van der Waals surface area contributed by atoms with Gasteiger partial charge in [-0.05, 0) is 24.8 Å². The lowest BCUT2D eigenvalue weighted by molar-refractivity contribution is -0.137.